The summed E-state index contributed by atoms with van der Waals surface area (Å²) in [5.41, 5.74) is 7.27. The molecule has 0 saturated carbocycles. The molecule has 2 heterocycles. The van der Waals surface area contributed by atoms with E-state index in [-0.39, 0.29) is 6.04 Å². The zero-order chi connectivity index (χ0) is 12.4. The average molecular weight is 239 g/mol. The van der Waals surface area contributed by atoms with Crippen LogP contribution in [0.25, 0.3) is 5.78 Å². The third kappa shape index (κ3) is 1.96. The molecule has 0 spiro atoms. The van der Waals surface area contributed by atoms with Gasteiger partial charge in [0.1, 0.15) is 5.82 Å². The molecule has 0 aliphatic carbocycles. The molecule has 1 aromatic carbocycles. The smallest absolute Gasteiger partial charge is 0.254 e. The van der Waals surface area contributed by atoms with Gasteiger partial charge in [-0.3, -0.25) is 4.40 Å². The van der Waals surface area contributed by atoms with Crippen molar-refractivity contribution in [1.29, 1.82) is 0 Å². The Hall–Kier alpha value is -2.27. The molecule has 90 valence electrons. The summed E-state index contributed by atoms with van der Waals surface area (Å²) in [6, 6.07) is 11.8. The van der Waals surface area contributed by atoms with Gasteiger partial charge in [0.15, 0.2) is 0 Å². The van der Waals surface area contributed by atoms with Gasteiger partial charge in [-0.25, -0.2) is 4.98 Å². The minimum Gasteiger partial charge on any atom is -0.324 e. The number of nitrogens with zero attached hydrogens (tertiary/aromatic N) is 4. The normalized spacial score (nSPS) is 12.7. The van der Waals surface area contributed by atoms with Crippen molar-refractivity contribution < 1.29 is 0 Å². The molecule has 0 bridgehead atoms. The molecule has 3 aromatic rings. The fourth-order valence-electron chi connectivity index (χ4n) is 1.94. The van der Waals surface area contributed by atoms with Crippen molar-refractivity contribution in [2.24, 2.45) is 5.73 Å². The maximum atomic E-state index is 6.18. The van der Waals surface area contributed by atoms with E-state index in [4.69, 9.17) is 5.73 Å². The molecule has 18 heavy (non-hydrogen) atoms. The first-order valence-electron chi connectivity index (χ1n) is 5.80. The van der Waals surface area contributed by atoms with Crippen molar-refractivity contribution >= 4 is 5.78 Å². The van der Waals surface area contributed by atoms with Gasteiger partial charge in [0.2, 0.25) is 0 Å². The molecular weight excluding hydrogens is 226 g/mol. The van der Waals surface area contributed by atoms with Crippen LogP contribution in [-0.4, -0.2) is 19.6 Å². The van der Waals surface area contributed by atoms with Crippen LogP contribution < -0.4 is 5.73 Å². The largest absolute Gasteiger partial charge is 0.324 e. The van der Waals surface area contributed by atoms with Crippen LogP contribution in [-0.2, 0) is 6.42 Å². The Balaban J connectivity index is 1.89. The molecule has 0 saturated heterocycles. The summed E-state index contributed by atoms with van der Waals surface area (Å²) in [4.78, 5) is 4.13. The van der Waals surface area contributed by atoms with Crippen LogP contribution in [0.1, 0.15) is 17.4 Å². The third-order valence-corrected chi connectivity index (χ3v) is 2.89. The molecule has 1 atom stereocenters. The number of fused-ring (bicyclic) bond motifs is 1. The van der Waals surface area contributed by atoms with Gasteiger partial charge in [-0.05, 0) is 11.6 Å². The van der Waals surface area contributed by atoms with Crippen molar-refractivity contribution in [2.75, 3.05) is 0 Å². The number of nitrogens with two attached hydrogens (primary N) is 1. The number of hydrogen-bond acceptors (Lipinski definition) is 4. The predicted molar refractivity (Wildman–Crippen MR) is 67.9 cm³/mol. The fourth-order valence-corrected chi connectivity index (χ4v) is 1.94. The van der Waals surface area contributed by atoms with Crippen molar-refractivity contribution in [1.82, 2.24) is 19.6 Å². The van der Waals surface area contributed by atoms with Crippen LogP contribution in [0.5, 0.6) is 0 Å². The first kappa shape index (κ1) is 10.9. The van der Waals surface area contributed by atoms with Crippen LogP contribution in [0.4, 0.5) is 0 Å². The van der Waals surface area contributed by atoms with E-state index in [9.17, 15) is 0 Å². The zero-order valence-corrected chi connectivity index (χ0v) is 9.77. The van der Waals surface area contributed by atoms with Crippen molar-refractivity contribution in [3.05, 3.63) is 60.2 Å². The van der Waals surface area contributed by atoms with Crippen LogP contribution in [0, 0.1) is 0 Å². The highest BCUT2D eigenvalue weighted by atomic mass is 15.3. The second-order valence-electron chi connectivity index (χ2n) is 4.13. The van der Waals surface area contributed by atoms with E-state index >= 15 is 0 Å². The van der Waals surface area contributed by atoms with Gasteiger partial charge < -0.3 is 5.73 Å². The van der Waals surface area contributed by atoms with Gasteiger partial charge in [0.25, 0.3) is 5.78 Å². The Morgan fingerprint density at radius 2 is 1.94 bits per heavy atom. The quantitative estimate of drug-likeness (QED) is 0.749. The number of aromatic nitrogens is 4. The topological polar surface area (TPSA) is 69.1 Å². The molecule has 2 aromatic heterocycles. The standard InChI is InChI=1S/C13H13N5/c14-11(10-5-2-1-3-6-10)9-12-16-17-13-15-7-4-8-18(12)13/h1-8,11H,9,14H2. The molecule has 2 N–H and O–H groups in total. The summed E-state index contributed by atoms with van der Waals surface area (Å²) in [5.74, 6) is 1.43. The minimum atomic E-state index is -0.0844. The van der Waals surface area contributed by atoms with E-state index in [2.05, 4.69) is 15.2 Å². The van der Waals surface area contributed by atoms with E-state index in [0.717, 1.165) is 11.4 Å². The lowest BCUT2D eigenvalue weighted by atomic mass is 10.0. The fraction of sp³-hybridized carbons (Fsp3) is 0.154. The molecule has 0 aliphatic heterocycles. The molecule has 0 amide bonds. The second kappa shape index (κ2) is 4.54. The number of benzene rings is 1. The molecule has 3 rings (SSSR count). The van der Waals surface area contributed by atoms with Gasteiger partial charge >= 0.3 is 0 Å². The summed E-state index contributed by atoms with van der Waals surface area (Å²) in [5, 5.41) is 8.14. The molecule has 5 nitrogen and oxygen atoms in total. The van der Waals surface area contributed by atoms with Crippen molar-refractivity contribution in [3.8, 4) is 0 Å². The van der Waals surface area contributed by atoms with Gasteiger partial charge in [-0.1, -0.05) is 30.3 Å². The van der Waals surface area contributed by atoms with E-state index in [1.807, 2.05) is 47.0 Å². The minimum absolute atomic E-state index is 0.0844. The Labute approximate surface area is 104 Å². The zero-order valence-electron chi connectivity index (χ0n) is 9.77. The average Bonchev–Trinajstić information content (AvgIpc) is 2.83. The first-order chi connectivity index (χ1) is 8.84. The van der Waals surface area contributed by atoms with Crippen LogP contribution in [0.15, 0.2) is 48.8 Å². The van der Waals surface area contributed by atoms with Crippen LogP contribution in [0.2, 0.25) is 0 Å². The Morgan fingerprint density at radius 3 is 2.78 bits per heavy atom. The lowest BCUT2D eigenvalue weighted by Gasteiger charge is -2.10. The van der Waals surface area contributed by atoms with Gasteiger partial charge in [-0.2, -0.15) is 0 Å². The molecular formula is C13H13N5. The second-order valence-corrected chi connectivity index (χ2v) is 4.13. The number of rotatable bonds is 3. The summed E-state index contributed by atoms with van der Waals surface area (Å²) in [6.07, 6.45) is 4.23. The predicted octanol–water partition coefficient (Wildman–Crippen LogP) is 1.37. The molecule has 0 fully saturated rings. The van der Waals surface area contributed by atoms with Gasteiger partial charge in [0.05, 0.1) is 0 Å². The molecule has 1 unspecified atom stereocenters. The molecule has 0 radical (unpaired) electrons. The van der Waals surface area contributed by atoms with Crippen molar-refractivity contribution in [3.63, 3.8) is 0 Å². The number of hydrogen-bond donors (Lipinski definition) is 1. The first-order valence-corrected chi connectivity index (χ1v) is 5.80. The summed E-state index contributed by atoms with van der Waals surface area (Å²) >= 11 is 0. The maximum Gasteiger partial charge on any atom is 0.254 e. The van der Waals surface area contributed by atoms with Gasteiger partial charge in [0, 0.05) is 24.9 Å². The summed E-state index contributed by atoms with van der Waals surface area (Å²) < 4.78 is 1.86. The van der Waals surface area contributed by atoms with E-state index < -0.39 is 0 Å². The van der Waals surface area contributed by atoms with Gasteiger partial charge in [-0.15, -0.1) is 10.2 Å². The summed E-state index contributed by atoms with van der Waals surface area (Å²) in [7, 11) is 0. The molecule has 0 aliphatic rings. The Kier molecular flexibility index (Phi) is 2.74. The van der Waals surface area contributed by atoms with Crippen molar-refractivity contribution in [2.45, 2.75) is 12.5 Å². The summed E-state index contributed by atoms with van der Waals surface area (Å²) in [6.45, 7) is 0. The Bertz CT molecular complexity index is 647. The van der Waals surface area contributed by atoms with E-state index in [0.29, 0.717) is 12.2 Å². The Morgan fingerprint density at radius 1 is 1.11 bits per heavy atom. The van der Waals surface area contributed by atoms with Crippen LogP contribution >= 0.6 is 0 Å². The maximum absolute atomic E-state index is 6.18. The third-order valence-electron chi connectivity index (χ3n) is 2.89. The highest BCUT2D eigenvalue weighted by molar-refractivity contribution is 5.27. The lowest BCUT2D eigenvalue weighted by Crippen LogP contribution is -2.15. The highest BCUT2D eigenvalue weighted by Gasteiger charge is 2.12. The van der Waals surface area contributed by atoms with E-state index in [1.165, 1.54) is 0 Å². The monoisotopic (exact) mass is 239 g/mol. The molecule has 5 heteroatoms. The highest BCUT2D eigenvalue weighted by Crippen LogP contribution is 2.14. The van der Waals surface area contributed by atoms with Crippen LogP contribution in [0.3, 0.4) is 0 Å². The lowest BCUT2D eigenvalue weighted by molar-refractivity contribution is 0.680. The SMILES string of the molecule is NC(Cc1nnc2ncccn12)c1ccccc1. The van der Waals surface area contributed by atoms with E-state index in [1.54, 1.807) is 6.20 Å².